The third-order valence-electron chi connectivity index (χ3n) is 3.91. The Bertz CT molecular complexity index is 1040. The fourth-order valence-corrected chi connectivity index (χ4v) is 4.55. The molecular formula is C19H12Cl4N2O2S2. The summed E-state index contributed by atoms with van der Waals surface area (Å²) in [6, 6.07) is 10.1. The van der Waals surface area contributed by atoms with Gasteiger partial charge < -0.3 is 5.32 Å². The number of thioether (sulfide) groups is 1. The minimum Gasteiger partial charge on any atom is -0.325 e. The van der Waals surface area contributed by atoms with Crippen LogP contribution in [0.2, 0.25) is 20.1 Å². The van der Waals surface area contributed by atoms with E-state index in [4.69, 9.17) is 58.6 Å². The van der Waals surface area contributed by atoms with Crippen molar-refractivity contribution >= 4 is 98.3 Å². The van der Waals surface area contributed by atoms with Crippen LogP contribution in [0, 0.1) is 0 Å². The summed E-state index contributed by atoms with van der Waals surface area (Å²) in [5, 5.41) is 4.02. The van der Waals surface area contributed by atoms with Gasteiger partial charge in [0.15, 0.2) is 0 Å². The van der Waals surface area contributed by atoms with Gasteiger partial charge in [0, 0.05) is 18.0 Å². The number of nitrogens with zero attached hydrogens (tertiary/aromatic N) is 1. The van der Waals surface area contributed by atoms with E-state index in [1.807, 2.05) is 18.2 Å². The van der Waals surface area contributed by atoms with Crippen molar-refractivity contribution in [2.75, 3.05) is 11.9 Å². The molecule has 2 aromatic carbocycles. The molecule has 0 aliphatic carbocycles. The molecule has 0 radical (unpaired) electrons. The number of hydrogen-bond donors (Lipinski definition) is 1. The number of anilines is 1. The van der Waals surface area contributed by atoms with Gasteiger partial charge in [-0.15, -0.1) is 0 Å². The van der Waals surface area contributed by atoms with E-state index in [9.17, 15) is 9.59 Å². The smallest absolute Gasteiger partial charge is 0.266 e. The van der Waals surface area contributed by atoms with Crippen LogP contribution in [0.25, 0.3) is 6.08 Å². The van der Waals surface area contributed by atoms with E-state index in [1.165, 1.54) is 28.8 Å². The third kappa shape index (κ3) is 5.45. The Labute approximate surface area is 197 Å². The first kappa shape index (κ1) is 22.4. The van der Waals surface area contributed by atoms with E-state index in [0.29, 0.717) is 19.9 Å². The molecule has 1 heterocycles. The molecule has 0 aromatic heterocycles. The molecule has 29 heavy (non-hydrogen) atoms. The van der Waals surface area contributed by atoms with Crippen LogP contribution in [-0.2, 0) is 9.59 Å². The third-order valence-corrected chi connectivity index (χ3v) is 6.67. The highest BCUT2D eigenvalue weighted by Gasteiger charge is 2.32. The molecule has 1 aliphatic rings. The molecule has 10 heteroatoms. The molecule has 1 fully saturated rings. The second-order valence-corrected chi connectivity index (χ2v) is 9.20. The second-order valence-electron chi connectivity index (χ2n) is 5.90. The summed E-state index contributed by atoms with van der Waals surface area (Å²) in [6.45, 7) is 0.134. The van der Waals surface area contributed by atoms with Crippen LogP contribution in [0.3, 0.4) is 0 Å². The molecule has 2 aromatic rings. The van der Waals surface area contributed by atoms with Gasteiger partial charge in [0.1, 0.15) is 4.32 Å². The normalized spacial score (nSPS) is 15.3. The van der Waals surface area contributed by atoms with Crippen molar-refractivity contribution in [3.63, 3.8) is 0 Å². The topological polar surface area (TPSA) is 49.4 Å². The quantitative estimate of drug-likeness (QED) is 0.285. The van der Waals surface area contributed by atoms with Crippen LogP contribution >= 0.6 is 70.4 Å². The summed E-state index contributed by atoms with van der Waals surface area (Å²) in [7, 11) is 0. The van der Waals surface area contributed by atoms with Crippen molar-refractivity contribution in [1.29, 1.82) is 0 Å². The molecule has 0 saturated carbocycles. The maximum absolute atomic E-state index is 12.7. The number of hydrogen-bond acceptors (Lipinski definition) is 4. The Morgan fingerprint density at radius 3 is 2.48 bits per heavy atom. The summed E-state index contributed by atoms with van der Waals surface area (Å²) >= 11 is 30.5. The van der Waals surface area contributed by atoms with Crippen molar-refractivity contribution < 1.29 is 9.59 Å². The SMILES string of the molecule is O=C(CCN1C(=O)C(=Cc2ccccc2Cl)SC1=S)Nc1cc(Cl)c(Cl)cc1Cl. The Kier molecular flexibility index (Phi) is 7.48. The van der Waals surface area contributed by atoms with E-state index in [2.05, 4.69) is 5.32 Å². The fourth-order valence-electron chi connectivity index (χ4n) is 2.47. The predicted octanol–water partition coefficient (Wildman–Crippen LogP) is 6.53. The lowest BCUT2D eigenvalue weighted by Gasteiger charge is -2.14. The summed E-state index contributed by atoms with van der Waals surface area (Å²) in [5.41, 5.74) is 1.07. The number of carbonyl (C=O) groups is 2. The summed E-state index contributed by atoms with van der Waals surface area (Å²) < 4.78 is 0.383. The molecule has 0 atom stereocenters. The number of thiocarbonyl (C=S) groups is 1. The van der Waals surface area contributed by atoms with Crippen LogP contribution in [0.4, 0.5) is 5.69 Å². The van der Waals surface area contributed by atoms with Gasteiger partial charge in [-0.05, 0) is 29.8 Å². The van der Waals surface area contributed by atoms with Crippen molar-refractivity contribution in [3.8, 4) is 0 Å². The zero-order valence-electron chi connectivity index (χ0n) is 14.5. The average Bonchev–Trinajstić information content (AvgIpc) is 2.93. The minimum absolute atomic E-state index is 0.0301. The second kappa shape index (κ2) is 9.69. The van der Waals surface area contributed by atoms with Crippen LogP contribution in [-0.4, -0.2) is 27.6 Å². The molecule has 0 bridgehead atoms. The summed E-state index contributed by atoms with van der Waals surface area (Å²) in [5.74, 6) is -0.602. The van der Waals surface area contributed by atoms with Gasteiger partial charge in [-0.3, -0.25) is 14.5 Å². The molecule has 0 spiro atoms. The number of carbonyl (C=O) groups excluding carboxylic acids is 2. The highest BCUT2D eigenvalue weighted by molar-refractivity contribution is 8.26. The molecule has 150 valence electrons. The Balaban J connectivity index is 1.64. The molecule has 1 N–H and O–H groups in total. The van der Waals surface area contributed by atoms with E-state index in [1.54, 1.807) is 12.1 Å². The lowest BCUT2D eigenvalue weighted by molar-refractivity contribution is -0.122. The van der Waals surface area contributed by atoms with Crippen LogP contribution in [0.1, 0.15) is 12.0 Å². The van der Waals surface area contributed by atoms with Gasteiger partial charge in [0.25, 0.3) is 5.91 Å². The van der Waals surface area contributed by atoms with Gasteiger partial charge in [-0.2, -0.15) is 0 Å². The van der Waals surface area contributed by atoms with Gasteiger partial charge in [-0.25, -0.2) is 0 Å². The minimum atomic E-state index is -0.338. The number of benzene rings is 2. The first-order chi connectivity index (χ1) is 13.8. The van der Waals surface area contributed by atoms with Crippen LogP contribution in [0.15, 0.2) is 41.3 Å². The lowest BCUT2D eigenvalue weighted by atomic mass is 10.2. The van der Waals surface area contributed by atoms with Crippen LogP contribution < -0.4 is 5.32 Å². The zero-order chi connectivity index (χ0) is 21.1. The molecule has 1 aliphatic heterocycles. The monoisotopic (exact) mass is 504 g/mol. The van der Waals surface area contributed by atoms with Gasteiger partial charge >= 0.3 is 0 Å². The maximum atomic E-state index is 12.7. The van der Waals surface area contributed by atoms with E-state index >= 15 is 0 Å². The first-order valence-corrected chi connectivity index (χ1v) is 10.9. The van der Waals surface area contributed by atoms with Gasteiger partial charge in [-0.1, -0.05) is 88.6 Å². The number of halogens is 4. The molecule has 2 amide bonds. The largest absolute Gasteiger partial charge is 0.325 e. The maximum Gasteiger partial charge on any atom is 0.266 e. The van der Waals surface area contributed by atoms with Crippen LogP contribution in [0.5, 0.6) is 0 Å². The molecule has 3 rings (SSSR count). The number of amides is 2. The Morgan fingerprint density at radius 2 is 1.76 bits per heavy atom. The highest BCUT2D eigenvalue weighted by Crippen LogP contribution is 2.34. The van der Waals surface area contributed by atoms with Crippen molar-refractivity contribution in [2.24, 2.45) is 0 Å². The van der Waals surface area contributed by atoms with Crippen molar-refractivity contribution in [2.45, 2.75) is 6.42 Å². The molecule has 4 nitrogen and oxygen atoms in total. The number of nitrogens with one attached hydrogen (secondary N) is 1. The fraction of sp³-hybridized carbons (Fsp3) is 0.105. The van der Waals surface area contributed by atoms with Gasteiger partial charge in [0.2, 0.25) is 5.91 Å². The Hall–Kier alpha value is -1.28. The van der Waals surface area contributed by atoms with E-state index in [-0.39, 0.29) is 39.8 Å². The lowest BCUT2D eigenvalue weighted by Crippen LogP contribution is -2.31. The Morgan fingerprint density at radius 1 is 1.07 bits per heavy atom. The van der Waals surface area contributed by atoms with Crippen molar-refractivity contribution in [3.05, 3.63) is 67.0 Å². The highest BCUT2D eigenvalue weighted by atomic mass is 35.5. The average molecular weight is 506 g/mol. The molecular weight excluding hydrogens is 494 g/mol. The van der Waals surface area contributed by atoms with Gasteiger partial charge in [0.05, 0.1) is 25.7 Å². The first-order valence-electron chi connectivity index (χ1n) is 8.20. The van der Waals surface area contributed by atoms with E-state index in [0.717, 1.165) is 5.56 Å². The standard InChI is InChI=1S/C19H12Cl4N2O2S2/c20-11-4-2-1-3-10(11)7-16-18(27)25(19(28)29-16)6-5-17(26)24-15-9-13(22)12(21)8-14(15)23/h1-4,7-9H,5-6H2,(H,24,26). The molecule has 1 saturated heterocycles. The zero-order valence-corrected chi connectivity index (χ0v) is 19.2. The number of rotatable bonds is 5. The van der Waals surface area contributed by atoms with Crippen molar-refractivity contribution in [1.82, 2.24) is 4.90 Å². The summed E-state index contributed by atoms with van der Waals surface area (Å²) in [4.78, 5) is 26.8. The molecule has 0 unspecified atom stereocenters. The predicted molar refractivity (Wildman–Crippen MR) is 126 cm³/mol. The van der Waals surface area contributed by atoms with E-state index < -0.39 is 0 Å². The summed E-state index contributed by atoms with van der Waals surface area (Å²) in [6.07, 6.45) is 1.72.